The minimum Gasteiger partial charge on any atom is -0.377 e. The van der Waals surface area contributed by atoms with E-state index in [0.29, 0.717) is 18.1 Å². The molecule has 1 aliphatic rings. The van der Waals surface area contributed by atoms with Crippen LogP contribution in [0.25, 0.3) is 0 Å². The third kappa shape index (κ3) is 4.96. The van der Waals surface area contributed by atoms with Gasteiger partial charge < -0.3 is 4.74 Å². The van der Waals surface area contributed by atoms with E-state index in [2.05, 4.69) is 0 Å². The average molecular weight is 390 g/mol. The Balaban J connectivity index is 1.55. The Hall–Kier alpha value is -1.81. The zero-order chi connectivity index (χ0) is 20.1. The molecule has 1 saturated carbocycles. The first-order valence-corrected chi connectivity index (χ1v) is 10.3. The standard InChI is InChI=1S/C24H29F3O/c1-3-28-15-20-12-13-21(24(27)23(20)26)18-9-5-17(6-10-18)7-11-19-8-4-16(2)14-22(19)25/h4,8,12-14,17-18H,3,5-7,9-11,15H2,1-2H3. The summed E-state index contributed by atoms with van der Waals surface area (Å²) in [5, 5.41) is 0. The van der Waals surface area contributed by atoms with E-state index >= 15 is 0 Å². The summed E-state index contributed by atoms with van der Waals surface area (Å²) in [4.78, 5) is 0. The molecule has 2 aromatic rings. The zero-order valence-corrected chi connectivity index (χ0v) is 16.7. The molecule has 0 aliphatic heterocycles. The summed E-state index contributed by atoms with van der Waals surface area (Å²) in [6.45, 7) is 4.29. The number of rotatable bonds is 7. The van der Waals surface area contributed by atoms with Gasteiger partial charge in [-0.15, -0.1) is 0 Å². The highest BCUT2D eigenvalue weighted by molar-refractivity contribution is 5.29. The predicted octanol–water partition coefficient (Wildman–Crippen LogP) is 6.86. The lowest BCUT2D eigenvalue weighted by atomic mass is 9.76. The van der Waals surface area contributed by atoms with E-state index in [1.54, 1.807) is 18.2 Å². The van der Waals surface area contributed by atoms with Crippen molar-refractivity contribution in [2.45, 2.75) is 64.9 Å². The maximum absolute atomic E-state index is 14.5. The van der Waals surface area contributed by atoms with Crippen molar-refractivity contribution >= 4 is 0 Å². The van der Waals surface area contributed by atoms with Crippen molar-refractivity contribution in [2.24, 2.45) is 5.92 Å². The molecule has 152 valence electrons. The van der Waals surface area contributed by atoms with Crippen molar-refractivity contribution in [2.75, 3.05) is 6.61 Å². The van der Waals surface area contributed by atoms with Crippen LogP contribution in [0.1, 0.15) is 67.2 Å². The minimum atomic E-state index is -0.775. The van der Waals surface area contributed by atoms with Crippen LogP contribution in [0, 0.1) is 30.3 Å². The molecule has 0 N–H and O–H groups in total. The second kappa shape index (κ2) is 9.60. The van der Waals surface area contributed by atoms with Crippen LogP contribution in [0.2, 0.25) is 0 Å². The van der Waals surface area contributed by atoms with E-state index in [4.69, 9.17) is 4.74 Å². The Morgan fingerprint density at radius 1 is 0.929 bits per heavy atom. The lowest BCUT2D eigenvalue weighted by Gasteiger charge is -2.29. The van der Waals surface area contributed by atoms with Gasteiger partial charge in [0.05, 0.1) is 6.61 Å². The fraction of sp³-hybridized carbons (Fsp3) is 0.500. The van der Waals surface area contributed by atoms with E-state index in [1.165, 1.54) is 0 Å². The van der Waals surface area contributed by atoms with Crippen LogP contribution in [0.3, 0.4) is 0 Å². The van der Waals surface area contributed by atoms with Gasteiger partial charge in [0.2, 0.25) is 0 Å². The molecule has 0 aromatic heterocycles. The molecule has 3 rings (SSSR count). The fourth-order valence-electron chi connectivity index (χ4n) is 4.22. The van der Waals surface area contributed by atoms with Crippen molar-refractivity contribution in [3.8, 4) is 0 Å². The molecular formula is C24H29F3O. The Labute approximate surface area is 165 Å². The van der Waals surface area contributed by atoms with Crippen LogP contribution >= 0.6 is 0 Å². The van der Waals surface area contributed by atoms with Gasteiger partial charge >= 0.3 is 0 Å². The topological polar surface area (TPSA) is 9.23 Å². The van der Waals surface area contributed by atoms with Gasteiger partial charge in [0.15, 0.2) is 11.6 Å². The van der Waals surface area contributed by atoms with Crippen LogP contribution < -0.4 is 0 Å². The Bertz CT molecular complexity index is 795. The summed E-state index contributed by atoms with van der Waals surface area (Å²) < 4.78 is 48.0. The summed E-state index contributed by atoms with van der Waals surface area (Å²) in [6.07, 6.45) is 5.32. The quantitative estimate of drug-likeness (QED) is 0.502. The molecule has 0 atom stereocenters. The van der Waals surface area contributed by atoms with E-state index < -0.39 is 11.6 Å². The molecule has 0 radical (unpaired) electrons. The highest BCUT2D eigenvalue weighted by Gasteiger charge is 2.26. The van der Waals surface area contributed by atoms with Crippen LogP contribution in [-0.2, 0) is 17.8 Å². The maximum Gasteiger partial charge on any atom is 0.164 e. The van der Waals surface area contributed by atoms with Gasteiger partial charge in [-0.3, -0.25) is 0 Å². The highest BCUT2D eigenvalue weighted by atomic mass is 19.2. The molecule has 0 spiro atoms. The SMILES string of the molecule is CCOCc1ccc(C2CCC(CCc3ccc(C)cc3F)CC2)c(F)c1F. The molecule has 4 heteroatoms. The van der Waals surface area contributed by atoms with Crippen LogP contribution in [-0.4, -0.2) is 6.61 Å². The predicted molar refractivity (Wildman–Crippen MR) is 106 cm³/mol. The van der Waals surface area contributed by atoms with Crippen LogP contribution in [0.15, 0.2) is 30.3 Å². The lowest BCUT2D eigenvalue weighted by molar-refractivity contribution is 0.130. The summed E-state index contributed by atoms with van der Waals surface area (Å²) in [6, 6.07) is 8.77. The van der Waals surface area contributed by atoms with E-state index in [1.807, 2.05) is 26.0 Å². The first-order chi connectivity index (χ1) is 13.5. The Morgan fingerprint density at radius 3 is 2.32 bits per heavy atom. The van der Waals surface area contributed by atoms with Gasteiger partial charge in [-0.25, -0.2) is 13.2 Å². The zero-order valence-electron chi connectivity index (χ0n) is 16.7. The van der Waals surface area contributed by atoms with E-state index in [-0.39, 0.29) is 23.9 Å². The molecule has 1 fully saturated rings. The molecule has 2 aromatic carbocycles. The number of halogens is 3. The molecule has 0 amide bonds. The van der Waals surface area contributed by atoms with E-state index in [9.17, 15) is 13.2 Å². The van der Waals surface area contributed by atoms with Crippen molar-refractivity contribution in [1.29, 1.82) is 0 Å². The third-order valence-corrected chi connectivity index (χ3v) is 5.97. The summed E-state index contributed by atoms with van der Waals surface area (Å²) >= 11 is 0. The van der Waals surface area contributed by atoms with Crippen LogP contribution in [0.5, 0.6) is 0 Å². The van der Waals surface area contributed by atoms with Gasteiger partial charge in [-0.05, 0) is 87.0 Å². The van der Waals surface area contributed by atoms with Crippen molar-refractivity contribution in [3.05, 3.63) is 70.0 Å². The summed E-state index contributed by atoms with van der Waals surface area (Å²) in [7, 11) is 0. The second-order valence-corrected chi connectivity index (χ2v) is 7.93. The van der Waals surface area contributed by atoms with Crippen molar-refractivity contribution in [1.82, 2.24) is 0 Å². The monoisotopic (exact) mass is 390 g/mol. The summed E-state index contributed by atoms with van der Waals surface area (Å²) in [5.74, 6) is -1.05. The minimum absolute atomic E-state index is 0.0583. The second-order valence-electron chi connectivity index (χ2n) is 7.93. The van der Waals surface area contributed by atoms with Crippen molar-refractivity contribution < 1.29 is 17.9 Å². The number of benzene rings is 2. The Morgan fingerprint density at radius 2 is 1.64 bits per heavy atom. The van der Waals surface area contributed by atoms with Gasteiger partial charge in [-0.1, -0.05) is 24.3 Å². The molecule has 0 unspecified atom stereocenters. The molecule has 1 aliphatic carbocycles. The molecule has 0 heterocycles. The molecule has 0 bridgehead atoms. The molecule has 1 nitrogen and oxygen atoms in total. The maximum atomic E-state index is 14.5. The average Bonchev–Trinajstić information content (AvgIpc) is 2.69. The van der Waals surface area contributed by atoms with Crippen LogP contribution in [0.4, 0.5) is 13.2 Å². The lowest BCUT2D eigenvalue weighted by Crippen LogP contribution is -2.16. The smallest absolute Gasteiger partial charge is 0.164 e. The largest absolute Gasteiger partial charge is 0.377 e. The van der Waals surface area contributed by atoms with Gasteiger partial charge in [0.25, 0.3) is 0 Å². The van der Waals surface area contributed by atoms with Gasteiger partial charge in [0, 0.05) is 12.2 Å². The number of hydrogen-bond donors (Lipinski definition) is 0. The number of ether oxygens (including phenoxy) is 1. The van der Waals surface area contributed by atoms with E-state index in [0.717, 1.165) is 49.7 Å². The Kier molecular flexibility index (Phi) is 7.17. The number of aryl methyl sites for hydroxylation is 2. The first-order valence-electron chi connectivity index (χ1n) is 10.3. The first kappa shape index (κ1) is 20.9. The highest BCUT2D eigenvalue weighted by Crippen LogP contribution is 2.39. The molecule has 28 heavy (non-hydrogen) atoms. The van der Waals surface area contributed by atoms with Gasteiger partial charge in [0.1, 0.15) is 5.82 Å². The molecular weight excluding hydrogens is 361 g/mol. The fourth-order valence-corrected chi connectivity index (χ4v) is 4.22. The normalized spacial score (nSPS) is 19.8. The third-order valence-electron chi connectivity index (χ3n) is 5.97. The van der Waals surface area contributed by atoms with Gasteiger partial charge in [-0.2, -0.15) is 0 Å². The molecule has 0 saturated heterocycles. The van der Waals surface area contributed by atoms with Crippen molar-refractivity contribution in [3.63, 3.8) is 0 Å². The summed E-state index contributed by atoms with van der Waals surface area (Å²) in [5.41, 5.74) is 2.46. The number of hydrogen-bond acceptors (Lipinski definition) is 1.